The van der Waals surface area contributed by atoms with Crippen molar-refractivity contribution in [2.75, 3.05) is 19.4 Å². The number of carbonyl (C=O) groups excluding carboxylic acids is 2. The molecule has 0 unspecified atom stereocenters. The number of unbranched alkanes of at least 4 members (excludes halogenated alkanes) is 1. The van der Waals surface area contributed by atoms with Gasteiger partial charge >= 0.3 is 12.1 Å². The van der Waals surface area contributed by atoms with E-state index in [2.05, 4.69) is 14.8 Å². The summed E-state index contributed by atoms with van der Waals surface area (Å²) < 4.78 is 36.3. The zero-order valence-electron chi connectivity index (χ0n) is 16.6. The number of hydrogen-bond acceptors (Lipinski definition) is 6. The lowest BCUT2D eigenvalue weighted by Crippen LogP contribution is -2.43. The molecule has 0 aliphatic carbocycles. The summed E-state index contributed by atoms with van der Waals surface area (Å²) in [6.07, 6.45) is 0.860. The molecule has 1 atom stereocenters. The number of alkyl carbamates (subject to hydrolysis) is 1. The smallest absolute Gasteiger partial charge is 0.407 e. The third-order valence-corrected chi connectivity index (χ3v) is 5.51. The molecule has 158 valence electrons. The first kappa shape index (κ1) is 23.9. The molecule has 8 nitrogen and oxygen atoms in total. The standard InChI is InChI=1S/C19H30N2O6S/c1-15(2)14-28(24,25)21-17(18(22)26-3)11-7-8-12-20-19(23)27-13-16-9-5-4-6-10-16/h4-6,9-10,15,17,21H,7-8,11-14H2,1-3H3,(H,20,23)/t17-/m0/s1. The van der Waals surface area contributed by atoms with Crippen molar-refractivity contribution >= 4 is 22.1 Å². The maximum atomic E-state index is 12.0. The average molecular weight is 415 g/mol. The topological polar surface area (TPSA) is 111 Å². The predicted molar refractivity (Wildman–Crippen MR) is 106 cm³/mol. The molecule has 1 rings (SSSR count). The Labute approximate surface area is 167 Å². The minimum absolute atomic E-state index is 0.0538. The molecule has 9 heteroatoms. The highest BCUT2D eigenvalue weighted by atomic mass is 32.2. The first-order valence-electron chi connectivity index (χ1n) is 9.26. The normalized spacial score (nSPS) is 12.4. The van der Waals surface area contributed by atoms with Crippen molar-refractivity contribution < 1.29 is 27.5 Å². The molecule has 28 heavy (non-hydrogen) atoms. The van der Waals surface area contributed by atoms with Crippen molar-refractivity contribution in [1.82, 2.24) is 10.0 Å². The van der Waals surface area contributed by atoms with E-state index in [0.717, 1.165) is 5.56 Å². The highest BCUT2D eigenvalue weighted by Gasteiger charge is 2.25. The molecule has 0 fully saturated rings. The molecule has 0 spiro atoms. The van der Waals surface area contributed by atoms with Crippen LogP contribution in [0.1, 0.15) is 38.7 Å². The first-order valence-corrected chi connectivity index (χ1v) is 10.9. The Morgan fingerprint density at radius 1 is 1.11 bits per heavy atom. The highest BCUT2D eigenvalue weighted by molar-refractivity contribution is 7.89. The Bertz CT molecular complexity index is 706. The van der Waals surface area contributed by atoms with Crippen molar-refractivity contribution in [1.29, 1.82) is 0 Å². The molecule has 0 aliphatic heterocycles. The van der Waals surface area contributed by atoms with E-state index < -0.39 is 28.1 Å². The van der Waals surface area contributed by atoms with Crippen molar-refractivity contribution in [3.8, 4) is 0 Å². The Morgan fingerprint density at radius 3 is 2.39 bits per heavy atom. The van der Waals surface area contributed by atoms with E-state index in [1.807, 2.05) is 30.3 Å². The second-order valence-electron chi connectivity index (χ2n) is 6.85. The lowest BCUT2D eigenvalue weighted by atomic mass is 10.1. The van der Waals surface area contributed by atoms with Gasteiger partial charge in [0.05, 0.1) is 12.9 Å². The van der Waals surface area contributed by atoms with Crippen LogP contribution in [0, 0.1) is 5.92 Å². The van der Waals surface area contributed by atoms with Gasteiger partial charge in [-0.05, 0) is 30.7 Å². The summed E-state index contributed by atoms with van der Waals surface area (Å²) in [7, 11) is -2.35. The van der Waals surface area contributed by atoms with Crippen LogP contribution in [-0.2, 0) is 30.9 Å². The fraction of sp³-hybridized carbons (Fsp3) is 0.579. The number of rotatable bonds is 12. The van der Waals surface area contributed by atoms with Crippen LogP contribution in [0.2, 0.25) is 0 Å². The molecule has 0 bridgehead atoms. The molecule has 0 saturated heterocycles. The van der Waals surface area contributed by atoms with E-state index in [1.165, 1.54) is 7.11 Å². The molecule has 0 saturated carbocycles. The second kappa shape index (κ2) is 12.4. The Hall–Kier alpha value is -2.13. The molecular formula is C19H30N2O6S. The van der Waals surface area contributed by atoms with Crippen LogP contribution in [0.3, 0.4) is 0 Å². The molecular weight excluding hydrogens is 384 g/mol. The lowest BCUT2D eigenvalue weighted by Gasteiger charge is -2.17. The minimum Gasteiger partial charge on any atom is -0.468 e. The van der Waals surface area contributed by atoms with Gasteiger partial charge in [-0.1, -0.05) is 44.2 Å². The molecule has 1 aromatic rings. The number of esters is 1. The van der Waals surface area contributed by atoms with E-state index in [-0.39, 0.29) is 24.7 Å². The maximum absolute atomic E-state index is 12.0. The minimum atomic E-state index is -3.57. The van der Waals surface area contributed by atoms with Crippen LogP contribution in [0.25, 0.3) is 0 Å². The lowest BCUT2D eigenvalue weighted by molar-refractivity contribution is -0.142. The zero-order chi connectivity index (χ0) is 21.0. The summed E-state index contributed by atoms with van der Waals surface area (Å²) in [4.78, 5) is 23.5. The molecule has 1 amide bonds. The Morgan fingerprint density at radius 2 is 1.79 bits per heavy atom. The maximum Gasteiger partial charge on any atom is 0.407 e. The van der Waals surface area contributed by atoms with E-state index in [9.17, 15) is 18.0 Å². The SMILES string of the molecule is COC(=O)[C@H](CCCCNC(=O)OCc1ccccc1)NS(=O)(=O)CC(C)C. The van der Waals surface area contributed by atoms with Gasteiger partial charge < -0.3 is 14.8 Å². The van der Waals surface area contributed by atoms with Crippen LogP contribution in [0.15, 0.2) is 30.3 Å². The van der Waals surface area contributed by atoms with E-state index in [4.69, 9.17) is 4.74 Å². The number of carbonyl (C=O) groups is 2. The average Bonchev–Trinajstić information content (AvgIpc) is 2.64. The third-order valence-electron chi connectivity index (χ3n) is 3.76. The highest BCUT2D eigenvalue weighted by Crippen LogP contribution is 2.07. The quantitative estimate of drug-likeness (QED) is 0.401. The summed E-state index contributed by atoms with van der Waals surface area (Å²) in [6, 6.07) is 8.40. The van der Waals surface area contributed by atoms with Gasteiger partial charge in [0, 0.05) is 6.54 Å². The van der Waals surface area contributed by atoms with Gasteiger partial charge in [0.2, 0.25) is 10.0 Å². The van der Waals surface area contributed by atoms with Crippen LogP contribution >= 0.6 is 0 Å². The Kier molecular flexibility index (Phi) is 10.5. The van der Waals surface area contributed by atoms with Gasteiger partial charge in [-0.3, -0.25) is 4.79 Å². The third kappa shape index (κ3) is 10.3. The fourth-order valence-electron chi connectivity index (χ4n) is 2.51. The van der Waals surface area contributed by atoms with E-state index in [0.29, 0.717) is 19.4 Å². The molecule has 0 heterocycles. The molecule has 0 radical (unpaired) electrons. The van der Waals surface area contributed by atoms with Crippen LogP contribution < -0.4 is 10.0 Å². The molecule has 0 aliphatic rings. The number of nitrogens with one attached hydrogen (secondary N) is 2. The number of methoxy groups -OCH3 is 1. The van der Waals surface area contributed by atoms with E-state index in [1.54, 1.807) is 13.8 Å². The van der Waals surface area contributed by atoms with Crippen molar-refractivity contribution in [3.63, 3.8) is 0 Å². The van der Waals surface area contributed by atoms with Crippen molar-refractivity contribution in [2.45, 2.75) is 45.8 Å². The van der Waals surface area contributed by atoms with Gasteiger partial charge in [-0.25, -0.2) is 17.9 Å². The molecule has 1 aromatic carbocycles. The number of ether oxygens (including phenoxy) is 2. The van der Waals surface area contributed by atoms with Crippen molar-refractivity contribution in [2.24, 2.45) is 5.92 Å². The Balaban J connectivity index is 2.31. The summed E-state index contributed by atoms with van der Waals surface area (Å²) in [5.41, 5.74) is 0.896. The summed E-state index contributed by atoms with van der Waals surface area (Å²) in [5, 5.41) is 2.63. The van der Waals surface area contributed by atoms with Crippen molar-refractivity contribution in [3.05, 3.63) is 35.9 Å². The number of hydrogen-bond donors (Lipinski definition) is 2. The monoisotopic (exact) mass is 414 g/mol. The number of benzene rings is 1. The molecule has 0 aromatic heterocycles. The van der Waals surface area contributed by atoms with E-state index >= 15 is 0 Å². The summed E-state index contributed by atoms with van der Waals surface area (Å²) in [5.74, 6) is -0.737. The number of amides is 1. The molecule has 2 N–H and O–H groups in total. The predicted octanol–water partition coefficient (Wildman–Crippen LogP) is 2.20. The van der Waals surface area contributed by atoms with Gasteiger partial charge in [0.1, 0.15) is 12.6 Å². The van der Waals surface area contributed by atoms with Gasteiger partial charge in [0.25, 0.3) is 0 Å². The largest absolute Gasteiger partial charge is 0.468 e. The first-order chi connectivity index (χ1) is 13.2. The van der Waals surface area contributed by atoms with Gasteiger partial charge in [-0.2, -0.15) is 0 Å². The summed E-state index contributed by atoms with van der Waals surface area (Å²) >= 11 is 0. The van der Waals surface area contributed by atoms with Gasteiger partial charge in [0.15, 0.2) is 0 Å². The second-order valence-corrected chi connectivity index (χ2v) is 8.65. The van der Waals surface area contributed by atoms with Gasteiger partial charge in [-0.15, -0.1) is 0 Å². The fourth-order valence-corrected chi connectivity index (χ4v) is 4.13. The van der Waals surface area contributed by atoms with Crippen LogP contribution in [0.4, 0.5) is 4.79 Å². The summed E-state index contributed by atoms with van der Waals surface area (Å²) in [6.45, 7) is 4.12. The van der Waals surface area contributed by atoms with Crippen LogP contribution in [-0.4, -0.2) is 45.9 Å². The van der Waals surface area contributed by atoms with Crippen LogP contribution in [0.5, 0.6) is 0 Å². The number of sulfonamides is 1. The zero-order valence-corrected chi connectivity index (χ0v) is 17.5.